The third-order valence-corrected chi connectivity index (χ3v) is 3.16. The molecule has 0 radical (unpaired) electrons. The predicted octanol–water partition coefficient (Wildman–Crippen LogP) is 3.11. The number of benzene rings is 1. The zero-order valence-corrected chi connectivity index (χ0v) is 9.50. The molecule has 1 aliphatic carbocycles. The van der Waals surface area contributed by atoms with Gasteiger partial charge in [0.15, 0.2) is 0 Å². The van der Waals surface area contributed by atoms with Crippen molar-refractivity contribution < 1.29 is 9.53 Å². The summed E-state index contributed by atoms with van der Waals surface area (Å²) in [5.74, 6) is 0.369. The number of methoxy groups -OCH3 is 1. The normalized spacial score (nSPS) is 15.3. The molecule has 1 saturated carbocycles. The Morgan fingerprint density at radius 2 is 2.21 bits per heavy atom. The van der Waals surface area contributed by atoms with Gasteiger partial charge in [0.05, 0.1) is 12.7 Å². The van der Waals surface area contributed by atoms with Gasteiger partial charge in [0.1, 0.15) is 0 Å². The standard InChI is InChI=1S/C11H11BrO2/c1-14-11(13)8-4-5-10(12)9(6-8)7-2-3-7/h4-7H,2-3H2,1H3. The SMILES string of the molecule is COC(=O)c1ccc(Br)c(C2CC2)c1. The molecule has 2 nitrogen and oxygen atoms in total. The van der Waals surface area contributed by atoms with Gasteiger partial charge in [-0.25, -0.2) is 4.79 Å². The highest BCUT2D eigenvalue weighted by Crippen LogP contribution is 2.43. The molecule has 0 aromatic heterocycles. The van der Waals surface area contributed by atoms with Gasteiger partial charge in [-0.15, -0.1) is 0 Å². The minimum atomic E-state index is -0.264. The van der Waals surface area contributed by atoms with E-state index in [9.17, 15) is 4.79 Å². The van der Waals surface area contributed by atoms with Crippen molar-refractivity contribution >= 4 is 21.9 Å². The average molecular weight is 255 g/mol. The lowest BCUT2D eigenvalue weighted by Crippen LogP contribution is -2.01. The van der Waals surface area contributed by atoms with E-state index in [0.29, 0.717) is 11.5 Å². The molecule has 0 spiro atoms. The fourth-order valence-electron chi connectivity index (χ4n) is 1.50. The molecule has 1 fully saturated rings. The van der Waals surface area contributed by atoms with E-state index >= 15 is 0 Å². The molecule has 0 N–H and O–H groups in total. The molecule has 0 heterocycles. The quantitative estimate of drug-likeness (QED) is 0.759. The summed E-state index contributed by atoms with van der Waals surface area (Å²) in [7, 11) is 1.40. The van der Waals surface area contributed by atoms with Crippen LogP contribution in [-0.2, 0) is 4.74 Å². The Morgan fingerprint density at radius 3 is 2.79 bits per heavy atom. The summed E-state index contributed by atoms with van der Waals surface area (Å²) in [5, 5.41) is 0. The molecule has 0 bridgehead atoms. The first kappa shape index (κ1) is 9.71. The number of ether oxygens (including phenoxy) is 1. The van der Waals surface area contributed by atoms with Gasteiger partial charge in [-0.05, 0) is 42.5 Å². The Labute approximate surface area is 91.4 Å². The Morgan fingerprint density at radius 1 is 1.50 bits per heavy atom. The van der Waals surface area contributed by atoms with E-state index in [2.05, 4.69) is 20.7 Å². The lowest BCUT2D eigenvalue weighted by molar-refractivity contribution is 0.0600. The number of hydrogen-bond donors (Lipinski definition) is 0. The first-order valence-electron chi connectivity index (χ1n) is 4.60. The van der Waals surface area contributed by atoms with E-state index in [1.54, 1.807) is 6.07 Å². The molecule has 14 heavy (non-hydrogen) atoms. The highest BCUT2D eigenvalue weighted by atomic mass is 79.9. The van der Waals surface area contributed by atoms with Crippen molar-refractivity contribution in [3.63, 3.8) is 0 Å². The van der Waals surface area contributed by atoms with Crippen molar-refractivity contribution in [2.24, 2.45) is 0 Å². The van der Waals surface area contributed by atoms with Gasteiger partial charge in [0.25, 0.3) is 0 Å². The van der Waals surface area contributed by atoms with E-state index in [4.69, 9.17) is 0 Å². The summed E-state index contributed by atoms with van der Waals surface area (Å²) in [4.78, 5) is 11.3. The van der Waals surface area contributed by atoms with Crippen molar-refractivity contribution in [1.29, 1.82) is 0 Å². The van der Waals surface area contributed by atoms with Gasteiger partial charge in [-0.3, -0.25) is 0 Å². The first-order valence-corrected chi connectivity index (χ1v) is 5.39. The second-order valence-corrected chi connectivity index (χ2v) is 4.36. The van der Waals surface area contributed by atoms with Gasteiger partial charge in [0.2, 0.25) is 0 Å². The lowest BCUT2D eigenvalue weighted by Gasteiger charge is -2.05. The Balaban J connectivity index is 2.35. The second-order valence-electron chi connectivity index (χ2n) is 3.50. The van der Waals surface area contributed by atoms with Gasteiger partial charge in [-0.2, -0.15) is 0 Å². The molecule has 3 heteroatoms. The zero-order chi connectivity index (χ0) is 10.1. The van der Waals surface area contributed by atoms with Crippen molar-refractivity contribution in [2.75, 3.05) is 7.11 Å². The summed E-state index contributed by atoms with van der Waals surface area (Å²) in [6.07, 6.45) is 2.45. The molecule has 0 amide bonds. The molecule has 1 aliphatic rings. The van der Waals surface area contributed by atoms with Crippen LogP contribution in [-0.4, -0.2) is 13.1 Å². The maximum Gasteiger partial charge on any atom is 0.337 e. The van der Waals surface area contributed by atoms with Crippen LogP contribution in [0, 0.1) is 0 Å². The summed E-state index contributed by atoms with van der Waals surface area (Å²) in [6.45, 7) is 0. The van der Waals surface area contributed by atoms with E-state index in [-0.39, 0.29) is 5.97 Å². The maximum atomic E-state index is 11.3. The summed E-state index contributed by atoms with van der Waals surface area (Å²) in [6, 6.07) is 5.62. The number of rotatable bonds is 2. The molecule has 2 rings (SSSR count). The predicted molar refractivity (Wildman–Crippen MR) is 57.5 cm³/mol. The number of hydrogen-bond acceptors (Lipinski definition) is 2. The van der Waals surface area contributed by atoms with Crippen molar-refractivity contribution in [3.8, 4) is 0 Å². The monoisotopic (exact) mass is 254 g/mol. The average Bonchev–Trinajstić information content (AvgIpc) is 3.01. The largest absolute Gasteiger partial charge is 0.465 e. The van der Waals surface area contributed by atoms with Crippen LogP contribution in [0.15, 0.2) is 22.7 Å². The smallest absolute Gasteiger partial charge is 0.337 e. The highest BCUT2D eigenvalue weighted by molar-refractivity contribution is 9.10. The van der Waals surface area contributed by atoms with Crippen LogP contribution in [0.25, 0.3) is 0 Å². The van der Waals surface area contributed by atoms with E-state index in [0.717, 1.165) is 4.47 Å². The molecular formula is C11H11BrO2. The van der Waals surface area contributed by atoms with Crippen LogP contribution in [0.3, 0.4) is 0 Å². The van der Waals surface area contributed by atoms with Gasteiger partial charge in [0, 0.05) is 4.47 Å². The van der Waals surface area contributed by atoms with Crippen molar-refractivity contribution in [3.05, 3.63) is 33.8 Å². The molecule has 0 unspecified atom stereocenters. The molecular weight excluding hydrogens is 244 g/mol. The van der Waals surface area contributed by atoms with Gasteiger partial charge < -0.3 is 4.74 Å². The molecule has 0 saturated heterocycles. The topological polar surface area (TPSA) is 26.3 Å². The molecule has 0 aliphatic heterocycles. The molecule has 74 valence electrons. The van der Waals surface area contributed by atoms with Gasteiger partial charge >= 0.3 is 5.97 Å². The number of carbonyl (C=O) groups excluding carboxylic acids is 1. The lowest BCUT2D eigenvalue weighted by atomic mass is 10.1. The zero-order valence-electron chi connectivity index (χ0n) is 7.92. The third kappa shape index (κ3) is 1.82. The fraction of sp³-hybridized carbons (Fsp3) is 0.364. The molecule has 1 aromatic rings. The number of halogens is 1. The van der Waals surface area contributed by atoms with E-state index in [1.807, 2.05) is 12.1 Å². The number of esters is 1. The van der Waals surface area contributed by atoms with Crippen LogP contribution in [0.2, 0.25) is 0 Å². The summed E-state index contributed by atoms with van der Waals surface area (Å²) < 4.78 is 5.77. The minimum Gasteiger partial charge on any atom is -0.465 e. The molecule has 0 atom stereocenters. The molecule has 1 aromatic carbocycles. The Bertz CT molecular complexity index is 370. The minimum absolute atomic E-state index is 0.264. The van der Waals surface area contributed by atoms with E-state index < -0.39 is 0 Å². The fourth-order valence-corrected chi connectivity index (χ4v) is 2.07. The summed E-state index contributed by atoms with van der Waals surface area (Å²) in [5.41, 5.74) is 1.87. The van der Waals surface area contributed by atoms with Crippen LogP contribution in [0.5, 0.6) is 0 Å². The number of carbonyl (C=O) groups is 1. The maximum absolute atomic E-state index is 11.3. The van der Waals surface area contributed by atoms with Crippen molar-refractivity contribution in [1.82, 2.24) is 0 Å². The second kappa shape index (κ2) is 3.73. The van der Waals surface area contributed by atoms with Crippen LogP contribution in [0.4, 0.5) is 0 Å². The van der Waals surface area contributed by atoms with E-state index in [1.165, 1.54) is 25.5 Å². The van der Waals surface area contributed by atoms with Gasteiger partial charge in [-0.1, -0.05) is 15.9 Å². The van der Waals surface area contributed by atoms with Crippen LogP contribution >= 0.6 is 15.9 Å². The highest BCUT2D eigenvalue weighted by Gasteiger charge is 2.26. The third-order valence-electron chi connectivity index (χ3n) is 2.43. The summed E-state index contributed by atoms with van der Waals surface area (Å²) >= 11 is 3.49. The Hall–Kier alpha value is -0.830. The Kier molecular flexibility index (Phi) is 2.59. The van der Waals surface area contributed by atoms with Crippen molar-refractivity contribution in [2.45, 2.75) is 18.8 Å². The van der Waals surface area contributed by atoms with Crippen LogP contribution in [0.1, 0.15) is 34.7 Å². The first-order chi connectivity index (χ1) is 6.72. The van der Waals surface area contributed by atoms with Crippen LogP contribution < -0.4 is 0 Å².